The van der Waals surface area contributed by atoms with Crippen molar-refractivity contribution >= 4 is 23.4 Å². The molecule has 0 spiro atoms. The van der Waals surface area contributed by atoms with Gasteiger partial charge in [0.1, 0.15) is 17.4 Å². The Morgan fingerprint density at radius 1 is 1.30 bits per heavy atom. The molecular weight excluding hydrogens is 320 g/mol. The minimum atomic E-state index is -1.32. The SMILES string of the molecule is C/C(N)=C(\C#N)C(=O)COC(=O)C(C)(C)Oc1ccc(Cl)cc1. The summed E-state index contributed by atoms with van der Waals surface area (Å²) in [6.45, 7) is 3.85. The predicted octanol–water partition coefficient (Wildman–Crippen LogP) is 2.37. The molecule has 1 aromatic carbocycles. The molecule has 122 valence electrons. The quantitative estimate of drug-likeness (QED) is 0.486. The summed E-state index contributed by atoms with van der Waals surface area (Å²) in [5.74, 6) is -0.978. The van der Waals surface area contributed by atoms with Crippen LogP contribution in [0.2, 0.25) is 5.02 Å². The van der Waals surface area contributed by atoms with Gasteiger partial charge in [-0.05, 0) is 45.0 Å². The van der Waals surface area contributed by atoms with Gasteiger partial charge in [-0.15, -0.1) is 0 Å². The van der Waals surface area contributed by atoms with Crippen LogP contribution in [-0.4, -0.2) is 24.0 Å². The van der Waals surface area contributed by atoms with Crippen LogP contribution < -0.4 is 10.5 Å². The van der Waals surface area contributed by atoms with Crippen molar-refractivity contribution in [1.29, 1.82) is 5.26 Å². The van der Waals surface area contributed by atoms with Crippen molar-refractivity contribution in [3.8, 4) is 11.8 Å². The Bertz CT molecular complexity index is 668. The van der Waals surface area contributed by atoms with E-state index in [1.807, 2.05) is 0 Å². The summed E-state index contributed by atoms with van der Waals surface area (Å²) < 4.78 is 10.5. The molecule has 23 heavy (non-hydrogen) atoms. The van der Waals surface area contributed by atoms with Gasteiger partial charge in [0.2, 0.25) is 5.78 Å². The topological polar surface area (TPSA) is 102 Å². The number of benzene rings is 1. The third-order valence-corrected chi connectivity index (χ3v) is 3.05. The molecule has 7 heteroatoms. The number of hydrogen-bond donors (Lipinski definition) is 1. The maximum atomic E-state index is 12.1. The Balaban J connectivity index is 2.69. The molecule has 0 aliphatic carbocycles. The summed E-state index contributed by atoms with van der Waals surface area (Å²) in [4.78, 5) is 23.8. The van der Waals surface area contributed by atoms with E-state index in [9.17, 15) is 9.59 Å². The largest absolute Gasteiger partial charge is 0.476 e. The molecule has 0 saturated carbocycles. The lowest BCUT2D eigenvalue weighted by Crippen LogP contribution is -2.40. The van der Waals surface area contributed by atoms with Gasteiger partial charge in [0.05, 0.1) is 0 Å². The molecule has 0 aliphatic heterocycles. The molecule has 0 radical (unpaired) electrons. The van der Waals surface area contributed by atoms with Crippen molar-refractivity contribution in [3.63, 3.8) is 0 Å². The first-order valence-corrected chi connectivity index (χ1v) is 7.06. The maximum absolute atomic E-state index is 12.1. The van der Waals surface area contributed by atoms with E-state index in [0.29, 0.717) is 10.8 Å². The monoisotopic (exact) mass is 336 g/mol. The predicted molar refractivity (Wildman–Crippen MR) is 84.6 cm³/mol. The Kier molecular flexibility index (Phi) is 6.17. The highest BCUT2D eigenvalue weighted by Gasteiger charge is 2.32. The van der Waals surface area contributed by atoms with Crippen LogP contribution in [0.25, 0.3) is 0 Å². The summed E-state index contributed by atoms with van der Waals surface area (Å²) >= 11 is 5.77. The normalized spacial score (nSPS) is 12.0. The fraction of sp³-hybridized carbons (Fsp3) is 0.312. The molecule has 1 aromatic rings. The maximum Gasteiger partial charge on any atom is 0.350 e. The Morgan fingerprint density at radius 3 is 2.35 bits per heavy atom. The number of nitriles is 1. The fourth-order valence-electron chi connectivity index (χ4n) is 1.59. The molecule has 6 nitrogen and oxygen atoms in total. The lowest BCUT2D eigenvalue weighted by molar-refractivity contribution is -0.161. The first kappa shape index (κ1) is 18.5. The van der Waals surface area contributed by atoms with E-state index >= 15 is 0 Å². The van der Waals surface area contributed by atoms with E-state index in [1.54, 1.807) is 30.3 Å². The summed E-state index contributed by atoms with van der Waals surface area (Å²) in [7, 11) is 0. The van der Waals surface area contributed by atoms with Crippen molar-refractivity contribution in [2.24, 2.45) is 5.73 Å². The zero-order valence-electron chi connectivity index (χ0n) is 13.1. The molecule has 0 heterocycles. The van der Waals surface area contributed by atoms with Gasteiger partial charge in [0, 0.05) is 10.7 Å². The number of allylic oxidation sites excluding steroid dienone is 1. The number of hydrogen-bond acceptors (Lipinski definition) is 6. The Labute approximate surface area is 139 Å². The molecule has 1 rings (SSSR count). The molecule has 0 amide bonds. The van der Waals surface area contributed by atoms with Crippen LogP contribution in [-0.2, 0) is 14.3 Å². The van der Waals surface area contributed by atoms with Gasteiger partial charge >= 0.3 is 5.97 Å². The van der Waals surface area contributed by atoms with E-state index < -0.39 is 24.0 Å². The van der Waals surface area contributed by atoms with E-state index in [4.69, 9.17) is 32.1 Å². The van der Waals surface area contributed by atoms with E-state index in [0.717, 1.165) is 0 Å². The van der Waals surface area contributed by atoms with Crippen molar-refractivity contribution in [1.82, 2.24) is 0 Å². The smallest absolute Gasteiger partial charge is 0.350 e. The molecule has 0 atom stereocenters. The third kappa shape index (κ3) is 5.31. The van der Waals surface area contributed by atoms with Crippen molar-refractivity contribution in [3.05, 3.63) is 40.6 Å². The number of nitrogens with two attached hydrogens (primary N) is 1. The second-order valence-corrected chi connectivity index (χ2v) is 5.67. The highest BCUT2D eigenvalue weighted by atomic mass is 35.5. The molecule has 0 bridgehead atoms. The van der Waals surface area contributed by atoms with E-state index in [2.05, 4.69) is 0 Å². The molecular formula is C16H17ClN2O4. The highest BCUT2D eigenvalue weighted by Crippen LogP contribution is 2.21. The van der Waals surface area contributed by atoms with Gasteiger partial charge in [-0.1, -0.05) is 11.6 Å². The second kappa shape index (κ2) is 7.65. The van der Waals surface area contributed by atoms with Gasteiger partial charge in [-0.3, -0.25) is 4.79 Å². The number of esters is 1. The number of halogens is 1. The third-order valence-electron chi connectivity index (χ3n) is 2.80. The molecule has 2 N–H and O–H groups in total. The number of ether oxygens (including phenoxy) is 2. The molecule has 0 saturated heterocycles. The molecule has 0 aliphatic rings. The first-order chi connectivity index (χ1) is 10.7. The summed E-state index contributed by atoms with van der Waals surface area (Å²) in [5, 5.41) is 9.36. The summed E-state index contributed by atoms with van der Waals surface area (Å²) in [6.07, 6.45) is 0. The van der Waals surface area contributed by atoms with Crippen LogP contribution >= 0.6 is 11.6 Å². The van der Waals surface area contributed by atoms with Crippen LogP contribution in [0.3, 0.4) is 0 Å². The lowest BCUT2D eigenvalue weighted by Gasteiger charge is -2.24. The second-order valence-electron chi connectivity index (χ2n) is 5.24. The van der Waals surface area contributed by atoms with E-state index in [-0.39, 0.29) is 11.3 Å². The number of carbonyl (C=O) groups is 2. The average molecular weight is 337 g/mol. The van der Waals surface area contributed by atoms with Crippen LogP contribution in [0.1, 0.15) is 20.8 Å². The van der Waals surface area contributed by atoms with Crippen LogP contribution in [0.4, 0.5) is 0 Å². The van der Waals surface area contributed by atoms with Gasteiger partial charge in [0.25, 0.3) is 0 Å². The van der Waals surface area contributed by atoms with Gasteiger partial charge in [0.15, 0.2) is 12.2 Å². The van der Waals surface area contributed by atoms with Crippen molar-refractivity contribution in [2.45, 2.75) is 26.4 Å². The van der Waals surface area contributed by atoms with Gasteiger partial charge < -0.3 is 15.2 Å². The molecule has 0 unspecified atom stereocenters. The molecule has 0 aromatic heterocycles. The summed E-state index contributed by atoms with van der Waals surface area (Å²) in [6, 6.07) is 8.14. The van der Waals surface area contributed by atoms with Crippen molar-refractivity contribution < 1.29 is 19.1 Å². The highest BCUT2D eigenvalue weighted by molar-refractivity contribution is 6.30. The number of carbonyl (C=O) groups excluding carboxylic acids is 2. The van der Waals surface area contributed by atoms with Crippen molar-refractivity contribution in [2.75, 3.05) is 6.61 Å². The number of Topliss-reactive ketones (excluding diaryl/α,β-unsaturated/α-hetero) is 1. The van der Waals surface area contributed by atoms with Crippen LogP contribution in [0.15, 0.2) is 35.5 Å². The Hall–Kier alpha value is -2.52. The lowest BCUT2D eigenvalue weighted by atomic mass is 10.1. The number of rotatable bonds is 6. The zero-order valence-corrected chi connectivity index (χ0v) is 13.8. The minimum absolute atomic E-state index is 0.0743. The van der Waals surface area contributed by atoms with Crippen LogP contribution in [0.5, 0.6) is 5.75 Å². The number of nitrogens with zero attached hydrogens (tertiary/aromatic N) is 1. The van der Waals surface area contributed by atoms with Gasteiger partial charge in [-0.25, -0.2) is 4.79 Å². The number of ketones is 1. The standard InChI is InChI=1S/C16H17ClN2O4/c1-10(19)13(8-18)14(20)9-22-15(21)16(2,3)23-12-6-4-11(17)5-7-12/h4-7H,9,19H2,1-3H3/b13-10-. The van der Waals surface area contributed by atoms with Gasteiger partial charge in [-0.2, -0.15) is 5.26 Å². The van der Waals surface area contributed by atoms with Crippen LogP contribution in [0, 0.1) is 11.3 Å². The zero-order chi connectivity index (χ0) is 17.6. The average Bonchev–Trinajstić information content (AvgIpc) is 2.47. The van der Waals surface area contributed by atoms with E-state index in [1.165, 1.54) is 20.8 Å². The fourth-order valence-corrected chi connectivity index (χ4v) is 1.71. The Morgan fingerprint density at radius 2 is 1.87 bits per heavy atom. The minimum Gasteiger partial charge on any atom is -0.476 e. The summed E-state index contributed by atoms with van der Waals surface area (Å²) in [5.41, 5.74) is 3.94. The molecule has 0 fully saturated rings. The first-order valence-electron chi connectivity index (χ1n) is 6.69.